The highest BCUT2D eigenvalue weighted by atomic mass is 16.6. The molecule has 0 aliphatic carbocycles. The molecule has 4 rings (SSSR count). The van der Waals surface area contributed by atoms with Crippen LogP contribution in [-0.4, -0.2) is 111 Å². The molecule has 0 radical (unpaired) electrons. The van der Waals surface area contributed by atoms with Gasteiger partial charge in [-0.05, 0) is 37.5 Å². The average molecular weight is 699 g/mol. The van der Waals surface area contributed by atoms with Crippen LogP contribution >= 0.6 is 0 Å². The molecule has 15 heteroatoms. The smallest absolute Gasteiger partial charge is 0.410 e. The summed E-state index contributed by atoms with van der Waals surface area (Å²) in [6, 6.07) is 16.9. The molecule has 2 aliphatic rings. The van der Waals surface area contributed by atoms with E-state index in [1.54, 1.807) is 30.6 Å². The van der Waals surface area contributed by atoms with Gasteiger partial charge in [-0.3, -0.25) is 0 Å². The zero-order valence-corrected chi connectivity index (χ0v) is 29.1. The van der Waals surface area contributed by atoms with Gasteiger partial charge >= 0.3 is 24.3 Å². The van der Waals surface area contributed by atoms with Crippen molar-refractivity contribution >= 4 is 24.3 Å². The molecular formula is C35H50N6O9. The highest BCUT2D eigenvalue weighted by molar-refractivity contribution is 5.75. The van der Waals surface area contributed by atoms with Crippen molar-refractivity contribution in [3.8, 4) is 0 Å². The van der Waals surface area contributed by atoms with E-state index in [1.165, 1.54) is 0 Å². The van der Waals surface area contributed by atoms with Crippen LogP contribution in [0.15, 0.2) is 54.6 Å². The van der Waals surface area contributed by atoms with Crippen LogP contribution in [-0.2, 0) is 43.4 Å². The van der Waals surface area contributed by atoms with Crippen LogP contribution in [0.25, 0.3) is 0 Å². The summed E-state index contributed by atoms with van der Waals surface area (Å²) in [7, 11) is 0. The lowest BCUT2D eigenvalue weighted by Crippen LogP contribution is -2.55. The van der Waals surface area contributed by atoms with Crippen molar-refractivity contribution in [3.05, 3.63) is 71.3 Å². The van der Waals surface area contributed by atoms with Crippen LogP contribution in [0.1, 0.15) is 43.9 Å². The third-order valence-corrected chi connectivity index (χ3v) is 7.92. The number of hydrogen-bond donors (Lipinski definition) is 4. The zero-order chi connectivity index (χ0) is 35.9. The molecule has 274 valence electrons. The van der Waals surface area contributed by atoms with Gasteiger partial charge in [-0.1, -0.05) is 54.6 Å². The number of urea groups is 1. The van der Waals surface area contributed by atoms with E-state index in [1.807, 2.05) is 54.6 Å². The number of nitrogens with one attached hydrogen (secondary N) is 3. The molecule has 2 aliphatic heterocycles. The highest BCUT2D eigenvalue weighted by Crippen LogP contribution is 2.24. The molecule has 2 aromatic carbocycles. The first-order valence-electron chi connectivity index (χ1n) is 16.9. The highest BCUT2D eigenvalue weighted by Gasteiger charge is 2.40. The van der Waals surface area contributed by atoms with Crippen molar-refractivity contribution in [1.29, 1.82) is 0 Å². The average Bonchev–Trinajstić information content (AvgIpc) is 3.11. The molecule has 0 spiro atoms. The number of piperazine rings is 1. The molecule has 0 bridgehead atoms. The third kappa shape index (κ3) is 12.7. The molecule has 0 unspecified atom stereocenters. The van der Waals surface area contributed by atoms with Crippen LogP contribution in [0.3, 0.4) is 0 Å². The summed E-state index contributed by atoms with van der Waals surface area (Å²) in [6.45, 7) is 8.37. The Hall–Kier alpha value is -4.60. The monoisotopic (exact) mass is 698 g/mol. The molecule has 15 nitrogen and oxygen atoms in total. The zero-order valence-electron chi connectivity index (χ0n) is 29.1. The summed E-state index contributed by atoms with van der Waals surface area (Å²) in [5, 5.41) is 8.20. The van der Waals surface area contributed by atoms with E-state index in [0.717, 1.165) is 16.7 Å². The molecule has 3 atom stereocenters. The van der Waals surface area contributed by atoms with Gasteiger partial charge in [-0.2, -0.15) is 0 Å². The lowest BCUT2D eigenvalue weighted by atomic mass is 10.0. The van der Waals surface area contributed by atoms with Crippen molar-refractivity contribution in [2.45, 2.75) is 70.8 Å². The number of ether oxygens (including phenoxy) is 5. The number of carbonyl (C=O) groups excluding carboxylic acids is 4. The normalized spacial score (nSPS) is 19.2. The SMILES string of the molecule is CC(C)(C)OC(=O)NCc1ccc(CNC(=O)N2CCN(C(=O)O[C@@H]3CCO[C@H](COC(=O)NCCN)[C@H]3OCc3ccccc3)CC2)cc1. The minimum absolute atomic E-state index is 0.0901. The van der Waals surface area contributed by atoms with E-state index in [4.69, 9.17) is 29.4 Å². The lowest BCUT2D eigenvalue weighted by Gasteiger charge is -2.39. The number of benzene rings is 2. The van der Waals surface area contributed by atoms with Crippen LogP contribution in [0.2, 0.25) is 0 Å². The minimum atomic E-state index is -0.683. The van der Waals surface area contributed by atoms with E-state index in [-0.39, 0.29) is 32.3 Å². The van der Waals surface area contributed by atoms with Crippen molar-refractivity contribution in [2.75, 3.05) is 52.5 Å². The molecule has 50 heavy (non-hydrogen) atoms. The predicted octanol–water partition coefficient (Wildman–Crippen LogP) is 3.10. The summed E-state index contributed by atoms with van der Waals surface area (Å²) in [5.74, 6) is 0. The molecule has 5 N–H and O–H groups in total. The molecule has 0 aromatic heterocycles. The molecule has 2 saturated heterocycles. The maximum atomic E-state index is 13.3. The second kappa shape index (κ2) is 19.0. The Morgan fingerprint density at radius 2 is 1.48 bits per heavy atom. The molecule has 0 saturated carbocycles. The van der Waals surface area contributed by atoms with Gasteiger partial charge in [0.2, 0.25) is 0 Å². The number of alkyl carbamates (subject to hydrolysis) is 2. The van der Waals surface area contributed by atoms with Gasteiger partial charge in [-0.15, -0.1) is 0 Å². The van der Waals surface area contributed by atoms with E-state index in [2.05, 4.69) is 16.0 Å². The summed E-state index contributed by atoms with van der Waals surface area (Å²) >= 11 is 0. The largest absolute Gasteiger partial charge is 0.447 e. The molecule has 2 heterocycles. The summed E-state index contributed by atoms with van der Waals surface area (Å²) in [5.41, 5.74) is 7.62. The van der Waals surface area contributed by atoms with Gasteiger partial charge in [0.1, 0.15) is 30.5 Å². The van der Waals surface area contributed by atoms with Gasteiger partial charge in [0.25, 0.3) is 0 Å². The fourth-order valence-corrected chi connectivity index (χ4v) is 5.32. The number of nitrogens with two attached hydrogens (primary N) is 1. The molecule has 2 aromatic rings. The van der Waals surface area contributed by atoms with Crippen LogP contribution in [0.5, 0.6) is 0 Å². The van der Waals surface area contributed by atoms with Gasteiger partial charge < -0.3 is 55.2 Å². The second-order valence-electron chi connectivity index (χ2n) is 13.0. The van der Waals surface area contributed by atoms with Crippen molar-refractivity contribution < 1.29 is 42.9 Å². The fraction of sp³-hybridized carbons (Fsp3) is 0.543. The van der Waals surface area contributed by atoms with E-state index < -0.39 is 42.2 Å². The Morgan fingerprint density at radius 1 is 0.840 bits per heavy atom. The first kappa shape index (κ1) is 38.2. The van der Waals surface area contributed by atoms with E-state index in [9.17, 15) is 19.2 Å². The number of hydrogen-bond acceptors (Lipinski definition) is 10. The van der Waals surface area contributed by atoms with Gasteiger partial charge in [0.15, 0.2) is 0 Å². The molecular weight excluding hydrogens is 648 g/mol. The van der Waals surface area contributed by atoms with Crippen molar-refractivity contribution in [3.63, 3.8) is 0 Å². The Morgan fingerprint density at radius 3 is 2.12 bits per heavy atom. The van der Waals surface area contributed by atoms with Crippen molar-refractivity contribution in [2.24, 2.45) is 5.73 Å². The van der Waals surface area contributed by atoms with Crippen LogP contribution in [0.4, 0.5) is 19.2 Å². The Labute approximate surface area is 293 Å². The topological polar surface area (TPSA) is 183 Å². The maximum absolute atomic E-state index is 13.3. The van der Waals surface area contributed by atoms with E-state index >= 15 is 0 Å². The van der Waals surface area contributed by atoms with Crippen LogP contribution in [0, 0.1) is 0 Å². The fourth-order valence-electron chi connectivity index (χ4n) is 5.32. The Balaban J connectivity index is 1.23. The van der Waals surface area contributed by atoms with Gasteiger partial charge in [0.05, 0.1) is 13.2 Å². The van der Waals surface area contributed by atoms with E-state index in [0.29, 0.717) is 52.3 Å². The first-order valence-corrected chi connectivity index (χ1v) is 16.9. The third-order valence-electron chi connectivity index (χ3n) is 7.92. The summed E-state index contributed by atoms with van der Waals surface area (Å²) in [4.78, 5) is 53.4. The first-order chi connectivity index (χ1) is 24.0. The maximum Gasteiger partial charge on any atom is 0.410 e. The molecule has 5 amide bonds. The van der Waals surface area contributed by atoms with Crippen molar-refractivity contribution in [1.82, 2.24) is 25.8 Å². The van der Waals surface area contributed by atoms with Gasteiger partial charge in [0, 0.05) is 58.8 Å². The van der Waals surface area contributed by atoms with Crippen LogP contribution < -0.4 is 21.7 Å². The Kier molecular flexibility index (Phi) is 14.5. The predicted molar refractivity (Wildman–Crippen MR) is 183 cm³/mol. The summed E-state index contributed by atoms with van der Waals surface area (Å²) < 4.78 is 28.7. The number of amides is 5. The number of carbonyl (C=O) groups is 4. The standard InChI is InChI=1S/C35H50N6O9/c1-35(2,3)50-33(44)39-22-26-11-9-25(10-12-26)21-38-31(42)40-16-18-41(19-17-40)34(45)49-28-13-20-46-29(24-48-32(43)37-15-14-36)30(28)47-23-27-7-5-4-6-8-27/h4-12,28-30H,13-24,36H2,1-3H3,(H,37,43)(H,38,42)(H,39,44)/t28-,29-,30+/m1/s1. The quantitative estimate of drug-likeness (QED) is 0.240. The molecule has 2 fully saturated rings. The number of nitrogens with zero attached hydrogens (tertiary/aromatic N) is 2. The minimum Gasteiger partial charge on any atom is -0.447 e. The Bertz CT molecular complexity index is 1380. The summed E-state index contributed by atoms with van der Waals surface area (Å²) in [6.07, 6.45) is -3.18. The van der Waals surface area contributed by atoms with Gasteiger partial charge in [-0.25, -0.2) is 19.2 Å². The second-order valence-corrected chi connectivity index (χ2v) is 13.0. The number of rotatable bonds is 12. The lowest BCUT2D eigenvalue weighted by molar-refractivity contribution is -0.177.